The topological polar surface area (TPSA) is 125 Å². The molecule has 1 atom stereocenters. The van der Waals surface area contributed by atoms with Gasteiger partial charge in [0, 0.05) is 6.42 Å². The van der Waals surface area contributed by atoms with Gasteiger partial charge in [-0.1, -0.05) is 12.1 Å². The Kier molecular flexibility index (Phi) is 6.58. The summed E-state index contributed by atoms with van der Waals surface area (Å²) in [6.45, 7) is 4.51. The van der Waals surface area contributed by atoms with Crippen molar-refractivity contribution in [2.75, 3.05) is 6.54 Å². The maximum absolute atomic E-state index is 12.1. The molecule has 0 aliphatic rings. The molecule has 0 spiro atoms. The highest BCUT2D eigenvalue weighted by atomic mass is 16.6. The molecule has 1 aromatic rings. The predicted molar refractivity (Wildman–Crippen MR) is 85.6 cm³/mol. The summed E-state index contributed by atoms with van der Waals surface area (Å²) >= 11 is 0. The van der Waals surface area contributed by atoms with E-state index < -0.39 is 36.2 Å². The molecule has 0 aliphatic heterocycles. The van der Waals surface area contributed by atoms with Crippen molar-refractivity contribution in [3.05, 3.63) is 29.8 Å². The molecule has 0 saturated heterocycles. The zero-order chi connectivity index (χ0) is 18.3. The van der Waals surface area contributed by atoms with Gasteiger partial charge < -0.3 is 25.6 Å². The molecule has 132 valence electrons. The smallest absolute Gasteiger partial charge is 0.408 e. The van der Waals surface area contributed by atoms with Crippen LogP contribution in [0, 0.1) is 0 Å². The van der Waals surface area contributed by atoms with Gasteiger partial charge in [0.1, 0.15) is 23.9 Å². The van der Waals surface area contributed by atoms with E-state index in [9.17, 15) is 19.5 Å². The Morgan fingerprint density at radius 2 is 1.75 bits per heavy atom. The Labute approximate surface area is 139 Å². The Hall–Kier alpha value is -2.77. The first-order valence-corrected chi connectivity index (χ1v) is 7.34. The second kappa shape index (κ2) is 8.19. The van der Waals surface area contributed by atoms with Crippen LogP contribution < -0.4 is 10.6 Å². The van der Waals surface area contributed by atoms with Crippen LogP contribution in [0.4, 0.5) is 4.79 Å². The average Bonchev–Trinajstić information content (AvgIpc) is 2.44. The Bertz CT molecular complexity index is 592. The first-order valence-electron chi connectivity index (χ1n) is 7.34. The van der Waals surface area contributed by atoms with Gasteiger partial charge in [0.05, 0.1) is 0 Å². The number of phenolic OH excluding ortho intramolecular Hbond substituents is 1. The molecule has 0 radical (unpaired) electrons. The van der Waals surface area contributed by atoms with E-state index in [1.54, 1.807) is 32.9 Å². The second-order valence-electron chi connectivity index (χ2n) is 6.18. The highest BCUT2D eigenvalue weighted by molar-refractivity contribution is 5.88. The fourth-order valence-corrected chi connectivity index (χ4v) is 1.81. The largest absolute Gasteiger partial charge is 0.508 e. The first-order chi connectivity index (χ1) is 11.1. The zero-order valence-corrected chi connectivity index (χ0v) is 13.8. The molecule has 1 rings (SSSR count). The summed E-state index contributed by atoms with van der Waals surface area (Å²) in [6.07, 6.45) is -0.665. The van der Waals surface area contributed by atoms with Gasteiger partial charge in [0.25, 0.3) is 0 Å². The van der Waals surface area contributed by atoms with Crippen molar-refractivity contribution in [3.63, 3.8) is 0 Å². The number of carboxylic acids is 1. The number of nitrogens with one attached hydrogen (secondary N) is 2. The van der Waals surface area contributed by atoms with Crippen LogP contribution in [0.5, 0.6) is 5.75 Å². The number of carboxylic acid groups (broad SMARTS) is 1. The van der Waals surface area contributed by atoms with Gasteiger partial charge in [0.2, 0.25) is 5.91 Å². The highest BCUT2D eigenvalue weighted by Gasteiger charge is 2.25. The van der Waals surface area contributed by atoms with E-state index in [1.165, 1.54) is 12.1 Å². The lowest BCUT2D eigenvalue weighted by Crippen LogP contribution is -2.50. The number of carbonyl (C=O) groups excluding carboxylic acids is 2. The van der Waals surface area contributed by atoms with Gasteiger partial charge >= 0.3 is 12.1 Å². The quantitative estimate of drug-likeness (QED) is 0.614. The van der Waals surface area contributed by atoms with Crippen molar-refractivity contribution in [3.8, 4) is 5.75 Å². The lowest BCUT2D eigenvalue weighted by atomic mass is 10.1. The van der Waals surface area contributed by atoms with Crippen molar-refractivity contribution < 1.29 is 29.3 Å². The lowest BCUT2D eigenvalue weighted by molar-refractivity contribution is -0.138. The van der Waals surface area contributed by atoms with Gasteiger partial charge in [-0.2, -0.15) is 0 Å². The number of benzene rings is 1. The molecule has 8 nitrogen and oxygen atoms in total. The molecule has 1 unspecified atom stereocenters. The fourth-order valence-electron chi connectivity index (χ4n) is 1.81. The highest BCUT2D eigenvalue weighted by Crippen LogP contribution is 2.12. The summed E-state index contributed by atoms with van der Waals surface area (Å²) in [5, 5.41) is 22.6. The number of hydrogen-bond donors (Lipinski definition) is 4. The minimum Gasteiger partial charge on any atom is -0.508 e. The van der Waals surface area contributed by atoms with Crippen molar-refractivity contribution in [1.82, 2.24) is 10.6 Å². The van der Waals surface area contributed by atoms with Crippen molar-refractivity contribution in [1.29, 1.82) is 0 Å². The van der Waals surface area contributed by atoms with Crippen LogP contribution in [-0.2, 0) is 20.7 Å². The summed E-state index contributed by atoms with van der Waals surface area (Å²) in [4.78, 5) is 34.6. The number of amides is 2. The molecule has 0 heterocycles. The summed E-state index contributed by atoms with van der Waals surface area (Å²) in [5.74, 6) is -1.76. The number of rotatable bonds is 6. The lowest BCUT2D eigenvalue weighted by Gasteiger charge is -2.23. The minimum atomic E-state index is -1.19. The van der Waals surface area contributed by atoms with E-state index in [-0.39, 0.29) is 12.2 Å². The van der Waals surface area contributed by atoms with E-state index >= 15 is 0 Å². The maximum atomic E-state index is 12.1. The van der Waals surface area contributed by atoms with Crippen LogP contribution in [-0.4, -0.2) is 46.4 Å². The van der Waals surface area contributed by atoms with Gasteiger partial charge in [-0.25, -0.2) is 4.79 Å². The number of phenols is 1. The molecule has 8 heteroatoms. The van der Waals surface area contributed by atoms with Gasteiger partial charge in [-0.3, -0.25) is 9.59 Å². The molecule has 4 N–H and O–H groups in total. The molecule has 0 aromatic heterocycles. The van der Waals surface area contributed by atoms with Gasteiger partial charge in [-0.15, -0.1) is 0 Å². The Morgan fingerprint density at radius 1 is 1.17 bits per heavy atom. The number of aliphatic carboxylic acids is 1. The van der Waals surface area contributed by atoms with Crippen LogP contribution >= 0.6 is 0 Å². The summed E-state index contributed by atoms with van der Waals surface area (Å²) in [7, 11) is 0. The van der Waals surface area contributed by atoms with Crippen LogP contribution in [0.3, 0.4) is 0 Å². The first kappa shape index (κ1) is 19.3. The van der Waals surface area contributed by atoms with Crippen molar-refractivity contribution >= 4 is 18.0 Å². The molecular weight excluding hydrogens is 316 g/mol. The molecule has 24 heavy (non-hydrogen) atoms. The van der Waals surface area contributed by atoms with Crippen LogP contribution in [0.15, 0.2) is 24.3 Å². The zero-order valence-electron chi connectivity index (χ0n) is 13.8. The van der Waals surface area contributed by atoms with E-state index in [1.807, 2.05) is 0 Å². The monoisotopic (exact) mass is 338 g/mol. The standard InChI is InChI=1S/C16H22N2O6/c1-16(2,3)24-15(23)18-12(14(22)17-9-13(20)21)8-10-4-6-11(19)7-5-10/h4-7,12,19H,8-9H2,1-3H3,(H,17,22)(H,18,23)(H,20,21). The molecule has 0 bridgehead atoms. The number of carbonyl (C=O) groups is 3. The Morgan fingerprint density at radius 3 is 2.25 bits per heavy atom. The number of alkyl carbamates (subject to hydrolysis) is 1. The van der Waals surface area contributed by atoms with Crippen molar-refractivity contribution in [2.24, 2.45) is 0 Å². The average molecular weight is 338 g/mol. The van der Waals surface area contributed by atoms with Gasteiger partial charge in [0.15, 0.2) is 0 Å². The minimum absolute atomic E-state index is 0.0748. The maximum Gasteiger partial charge on any atom is 0.408 e. The SMILES string of the molecule is CC(C)(C)OC(=O)NC(Cc1ccc(O)cc1)C(=O)NCC(=O)O. The number of ether oxygens (including phenoxy) is 1. The summed E-state index contributed by atoms with van der Waals surface area (Å²) < 4.78 is 5.11. The normalized spacial score (nSPS) is 12.1. The summed E-state index contributed by atoms with van der Waals surface area (Å²) in [5.41, 5.74) is -0.0515. The predicted octanol–water partition coefficient (Wildman–Crippen LogP) is 1.03. The second-order valence-corrected chi connectivity index (χ2v) is 6.18. The molecule has 0 fully saturated rings. The summed E-state index contributed by atoms with van der Waals surface area (Å²) in [6, 6.07) is 5.10. The molecule has 2 amide bonds. The third-order valence-electron chi connectivity index (χ3n) is 2.80. The van der Waals surface area contributed by atoms with E-state index in [2.05, 4.69) is 10.6 Å². The third-order valence-corrected chi connectivity index (χ3v) is 2.80. The van der Waals surface area contributed by atoms with Crippen molar-refractivity contribution in [2.45, 2.75) is 38.8 Å². The van der Waals surface area contributed by atoms with Crippen LogP contribution in [0.1, 0.15) is 26.3 Å². The van der Waals surface area contributed by atoms with Crippen LogP contribution in [0.25, 0.3) is 0 Å². The Balaban J connectivity index is 2.81. The molecule has 0 saturated carbocycles. The molecule has 0 aliphatic carbocycles. The van der Waals surface area contributed by atoms with Gasteiger partial charge in [-0.05, 0) is 38.5 Å². The van der Waals surface area contributed by atoms with E-state index in [4.69, 9.17) is 9.84 Å². The fraction of sp³-hybridized carbons (Fsp3) is 0.438. The van der Waals surface area contributed by atoms with E-state index in [0.717, 1.165) is 0 Å². The number of aromatic hydroxyl groups is 1. The van der Waals surface area contributed by atoms with E-state index in [0.29, 0.717) is 5.56 Å². The molecular formula is C16H22N2O6. The molecule has 1 aromatic carbocycles. The third kappa shape index (κ3) is 7.48. The van der Waals surface area contributed by atoms with Crippen LogP contribution in [0.2, 0.25) is 0 Å². The number of hydrogen-bond acceptors (Lipinski definition) is 5.